The van der Waals surface area contributed by atoms with E-state index in [2.05, 4.69) is 4.90 Å². The molecule has 2 unspecified atom stereocenters. The lowest BCUT2D eigenvalue weighted by Gasteiger charge is -2.43. The van der Waals surface area contributed by atoms with Gasteiger partial charge >= 0.3 is 0 Å². The molecule has 1 aliphatic heterocycles. The van der Waals surface area contributed by atoms with Crippen molar-refractivity contribution in [1.29, 1.82) is 0 Å². The van der Waals surface area contributed by atoms with Crippen molar-refractivity contribution in [3.05, 3.63) is 24.0 Å². The second-order valence-corrected chi connectivity index (χ2v) is 5.66. The van der Waals surface area contributed by atoms with Gasteiger partial charge in [-0.2, -0.15) is 0 Å². The highest BCUT2D eigenvalue weighted by molar-refractivity contribution is 5.96. The lowest BCUT2D eigenvalue weighted by Crippen LogP contribution is -2.54. The molecule has 104 valence electrons. The summed E-state index contributed by atoms with van der Waals surface area (Å²) in [5.74, 6) is 0.221. The molecule has 4 heteroatoms. The Kier molecular flexibility index (Phi) is 3.71. The first-order valence-corrected chi connectivity index (χ1v) is 7.26. The Morgan fingerprint density at radius 2 is 2.26 bits per heavy atom. The van der Waals surface area contributed by atoms with Gasteiger partial charge in [-0.3, -0.25) is 9.69 Å². The number of carbonyl (C=O) groups excluding carboxylic acids is 1. The van der Waals surface area contributed by atoms with Gasteiger partial charge in [0.25, 0.3) is 0 Å². The van der Waals surface area contributed by atoms with Crippen LogP contribution in [0.15, 0.2) is 18.3 Å². The van der Waals surface area contributed by atoms with Gasteiger partial charge < -0.3 is 9.30 Å². The fraction of sp³-hybridized carbons (Fsp3) is 0.667. The van der Waals surface area contributed by atoms with Gasteiger partial charge in [-0.1, -0.05) is 12.8 Å². The zero-order valence-electron chi connectivity index (χ0n) is 11.5. The van der Waals surface area contributed by atoms with E-state index in [9.17, 15) is 4.79 Å². The minimum atomic E-state index is 0.221. The lowest BCUT2D eigenvalue weighted by atomic mass is 9.90. The molecule has 3 rings (SSSR count). The summed E-state index contributed by atoms with van der Waals surface area (Å²) < 4.78 is 7.75. The number of aromatic nitrogens is 1. The molecule has 0 spiro atoms. The number of morpholine rings is 1. The third-order valence-corrected chi connectivity index (χ3v) is 4.42. The van der Waals surface area contributed by atoms with Crippen LogP contribution in [-0.4, -0.2) is 47.1 Å². The van der Waals surface area contributed by atoms with Crippen molar-refractivity contribution in [1.82, 2.24) is 9.47 Å². The van der Waals surface area contributed by atoms with Crippen molar-refractivity contribution in [2.75, 3.05) is 19.7 Å². The summed E-state index contributed by atoms with van der Waals surface area (Å²) in [6.45, 7) is 2.18. The molecule has 0 N–H and O–H groups in total. The van der Waals surface area contributed by atoms with Crippen molar-refractivity contribution in [2.24, 2.45) is 7.05 Å². The Bertz CT molecular complexity index is 453. The van der Waals surface area contributed by atoms with Crippen LogP contribution >= 0.6 is 0 Å². The Hall–Kier alpha value is -1.13. The molecule has 1 aromatic rings. The van der Waals surface area contributed by atoms with Crippen molar-refractivity contribution in [3.63, 3.8) is 0 Å². The van der Waals surface area contributed by atoms with E-state index in [1.807, 2.05) is 29.9 Å². The van der Waals surface area contributed by atoms with E-state index in [1.54, 1.807) is 0 Å². The van der Waals surface area contributed by atoms with Gasteiger partial charge in [0, 0.05) is 25.8 Å². The Morgan fingerprint density at radius 3 is 3.05 bits per heavy atom. The molecular formula is C15H22N2O2. The number of carbonyl (C=O) groups is 1. The summed E-state index contributed by atoms with van der Waals surface area (Å²) in [4.78, 5) is 14.7. The van der Waals surface area contributed by atoms with E-state index in [1.165, 1.54) is 19.3 Å². The van der Waals surface area contributed by atoms with E-state index in [0.29, 0.717) is 18.7 Å². The number of hydrogen-bond donors (Lipinski definition) is 0. The Labute approximate surface area is 114 Å². The molecule has 0 aromatic carbocycles. The number of hydrogen-bond acceptors (Lipinski definition) is 3. The van der Waals surface area contributed by atoms with E-state index in [0.717, 1.165) is 25.3 Å². The zero-order valence-corrected chi connectivity index (χ0v) is 11.5. The molecule has 2 aliphatic rings. The zero-order chi connectivity index (χ0) is 13.2. The molecule has 0 bridgehead atoms. The fourth-order valence-electron chi connectivity index (χ4n) is 3.39. The van der Waals surface area contributed by atoms with Gasteiger partial charge in [0.1, 0.15) is 0 Å². The molecule has 2 fully saturated rings. The van der Waals surface area contributed by atoms with Crippen LogP contribution in [0.1, 0.15) is 36.2 Å². The molecule has 1 saturated carbocycles. The average molecular weight is 262 g/mol. The maximum absolute atomic E-state index is 12.4. The van der Waals surface area contributed by atoms with Crippen LogP contribution in [0.3, 0.4) is 0 Å². The lowest BCUT2D eigenvalue weighted by molar-refractivity contribution is -0.0846. The standard InChI is InChI=1S/C15H22N2O2/c1-16-8-4-6-12(16)14(18)11-17-9-10-19-15-7-3-2-5-13(15)17/h4,6,8,13,15H,2-3,5,7,9-11H2,1H3. The van der Waals surface area contributed by atoms with Crippen LogP contribution in [0.4, 0.5) is 0 Å². The van der Waals surface area contributed by atoms with Gasteiger partial charge in [-0.15, -0.1) is 0 Å². The summed E-state index contributed by atoms with van der Waals surface area (Å²) in [5, 5.41) is 0. The van der Waals surface area contributed by atoms with Crippen LogP contribution < -0.4 is 0 Å². The third kappa shape index (κ3) is 2.60. The molecule has 1 aliphatic carbocycles. The first kappa shape index (κ1) is 12.9. The third-order valence-electron chi connectivity index (χ3n) is 4.42. The predicted molar refractivity (Wildman–Crippen MR) is 73.3 cm³/mol. The van der Waals surface area contributed by atoms with Crippen LogP contribution in [0, 0.1) is 0 Å². The number of fused-ring (bicyclic) bond motifs is 1. The van der Waals surface area contributed by atoms with Crippen LogP contribution in [0.5, 0.6) is 0 Å². The highest BCUT2D eigenvalue weighted by Gasteiger charge is 2.35. The maximum atomic E-state index is 12.4. The molecule has 1 aromatic heterocycles. The fourth-order valence-corrected chi connectivity index (χ4v) is 3.39. The highest BCUT2D eigenvalue weighted by atomic mass is 16.5. The molecule has 2 heterocycles. The number of ketones is 1. The molecule has 2 atom stereocenters. The molecule has 0 radical (unpaired) electrons. The molecule has 4 nitrogen and oxygen atoms in total. The van der Waals surface area contributed by atoms with Gasteiger partial charge in [0.05, 0.1) is 24.9 Å². The number of aryl methyl sites for hydroxylation is 1. The molecule has 1 saturated heterocycles. The SMILES string of the molecule is Cn1cccc1C(=O)CN1CCOC2CCCCC21. The van der Waals surface area contributed by atoms with E-state index < -0.39 is 0 Å². The van der Waals surface area contributed by atoms with E-state index in [-0.39, 0.29) is 5.78 Å². The second-order valence-electron chi connectivity index (χ2n) is 5.66. The minimum Gasteiger partial charge on any atom is -0.375 e. The van der Waals surface area contributed by atoms with E-state index in [4.69, 9.17) is 4.74 Å². The summed E-state index contributed by atoms with van der Waals surface area (Å²) in [5.41, 5.74) is 0.804. The van der Waals surface area contributed by atoms with Crippen molar-refractivity contribution in [3.8, 4) is 0 Å². The topological polar surface area (TPSA) is 34.5 Å². The normalized spacial score (nSPS) is 28.1. The quantitative estimate of drug-likeness (QED) is 0.780. The van der Waals surface area contributed by atoms with Gasteiger partial charge in [0.2, 0.25) is 0 Å². The second kappa shape index (κ2) is 5.47. The number of Topliss-reactive ketones (excluding diaryl/α,β-unsaturated/α-hetero) is 1. The molecule has 19 heavy (non-hydrogen) atoms. The van der Waals surface area contributed by atoms with Gasteiger partial charge in [-0.25, -0.2) is 0 Å². The van der Waals surface area contributed by atoms with Crippen LogP contribution in [0.2, 0.25) is 0 Å². The summed E-state index contributed by atoms with van der Waals surface area (Å²) in [6, 6.07) is 4.28. The maximum Gasteiger partial charge on any atom is 0.193 e. The van der Waals surface area contributed by atoms with Crippen LogP contribution in [0.25, 0.3) is 0 Å². The Morgan fingerprint density at radius 1 is 1.42 bits per heavy atom. The largest absolute Gasteiger partial charge is 0.375 e. The molecule has 0 amide bonds. The summed E-state index contributed by atoms with van der Waals surface area (Å²) in [7, 11) is 1.93. The summed E-state index contributed by atoms with van der Waals surface area (Å²) >= 11 is 0. The first-order valence-electron chi connectivity index (χ1n) is 7.26. The predicted octanol–water partition coefficient (Wildman–Crippen LogP) is 1.85. The first-order chi connectivity index (χ1) is 9.25. The van der Waals surface area contributed by atoms with Gasteiger partial charge in [-0.05, 0) is 25.0 Å². The smallest absolute Gasteiger partial charge is 0.193 e. The highest BCUT2D eigenvalue weighted by Crippen LogP contribution is 2.28. The van der Waals surface area contributed by atoms with Gasteiger partial charge in [0.15, 0.2) is 5.78 Å². The minimum absolute atomic E-state index is 0.221. The monoisotopic (exact) mass is 262 g/mol. The number of nitrogens with zero attached hydrogens (tertiary/aromatic N) is 2. The molecular weight excluding hydrogens is 240 g/mol. The average Bonchev–Trinajstić information content (AvgIpc) is 2.85. The van der Waals surface area contributed by atoms with E-state index >= 15 is 0 Å². The van der Waals surface area contributed by atoms with Crippen molar-refractivity contribution >= 4 is 5.78 Å². The van der Waals surface area contributed by atoms with Crippen LogP contribution in [-0.2, 0) is 11.8 Å². The Balaban J connectivity index is 1.68. The summed E-state index contributed by atoms with van der Waals surface area (Å²) in [6.07, 6.45) is 7.13. The van der Waals surface area contributed by atoms with Crippen molar-refractivity contribution in [2.45, 2.75) is 37.8 Å². The van der Waals surface area contributed by atoms with Crippen molar-refractivity contribution < 1.29 is 9.53 Å². The number of rotatable bonds is 3. The number of ether oxygens (including phenoxy) is 1.